The van der Waals surface area contributed by atoms with Crippen molar-refractivity contribution in [3.8, 4) is 0 Å². The molecule has 0 bridgehead atoms. The molecule has 0 rings (SSSR count). The van der Waals surface area contributed by atoms with Gasteiger partial charge >= 0.3 is 66.2 Å². The van der Waals surface area contributed by atoms with Gasteiger partial charge in [-0.2, -0.15) is 0 Å². The zero-order valence-corrected chi connectivity index (χ0v) is 8.36. The van der Waals surface area contributed by atoms with E-state index in [9.17, 15) is 25.2 Å². The van der Waals surface area contributed by atoms with Crippen molar-refractivity contribution < 1.29 is 38.4 Å². The van der Waals surface area contributed by atoms with Crippen molar-refractivity contribution >= 4 is 27.9 Å². The van der Waals surface area contributed by atoms with Gasteiger partial charge in [-0.05, 0) is 0 Å². The summed E-state index contributed by atoms with van der Waals surface area (Å²) in [5.74, 6) is 0. The average Bonchev–Trinajstić information content (AvgIpc) is 1.04. The van der Waals surface area contributed by atoms with Crippen LogP contribution in [0.3, 0.4) is 0 Å². The van der Waals surface area contributed by atoms with E-state index in [4.69, 9.17) is 13.2 Å². The van der Waals surface area contributed by atoms with Crippen LogP contribution in [0.2, 0.25) is 0 Å². The Labute approximate surface area is 66.7 Å². The standard InChI is InChI=1S/F6P.3H2O.O.Sb/c1-7(2,3,4,5)6;;;;;/h;3*1H2;;/q-1;;;;;+3/p-3. The van der Waals surface area contributed by atoms with Crippen molar-refractivity contribution in [1.29, 1.82) is 0 Å². The number of hydrogen-bond donors (Lipinski definition) is 3. The molecule has 12 heavy (non-hydrogen) atoms. The Kier molecular flexibility index (Phi) is 3.43. The normalized spacial score (nSPS) is 18.4. The van der Waals surface area contributed by atoms with Gasteiger partial charge in [0.2, 0.25) is 0 Å². The van der Waals surface area contributed by atoms with Crippen LogP contribution in [0, 0.1) is 0 Å². The maximum atomic E-state index is 9.87. The van der Waals surface area contributed by atoms with Crippen LogP contribution >= 0.6 is 7.81 Å². The number of rotatable bonds is 0. The van der Waals surface area contributed by atoms with E-state index >= 15 is 0 Å². The molecule has 80 valence electrons. The number of halogens is 6. The second-order valence-corrected chi connectivity index (χ2v) is 6.32. The first-order valence-corrected chi connectivity index (χ1v) is 8.29. The second-order valence-electron chi connectivity index (χ2n) is 1.47. The van der Waals surface area contributed by atoms with Crippen LogP contribution in [0.5, 0.6) is 0 Å². The summed E-state index contributed by atoms with van der Waals surface area (Å²) in [5, 5.41) is 0. The first kappa shape index (κ1) is 15.0. The Bertz CT molecular complexity index is 173. The summed E-state index contributed by atoms with van der Waals surface area (Å²) in [6.07, 6.45) is 0. The van der Waals surface area contributed by atoms with Crippen LogP contribution in [0.1, 0.15) is 0 Å². The Morgan fingerprint density at radius 1 is 0.833 bits per heavy atom. The minimum atomic E-state index is -10.7. The van der Waals surface area contributed by atoms with Gasteiger partial charge in [-0.3, -0.25) is 0 Å². The third-order valence-corrected chi connectivity index (χ3v) is 0. The molecule has 0 aliphatic carbocycles. The summed E-state index contributed by atoms with van der Waals surface area (Å²) in [5.41, 5.74) is 0. The van der Waals surface area contributed by atoms with E-state index in [0.717, 1.165) is 0 Å². The molecule has 0 saturated carbocycles. The monoisotopic (exact) mass is 333 g/mol. The van der Waals surface area contributed by atoms with Crippen LogP contribution in [-0.4, -0.2) is 30.2 Å². The molecule has 0 amide bonds. The van der Waals surface area contributed by atoms with E-state index in [2.05, 4.69) is 0 Å². The van der Waals surface area contributed by atoms with E-state index in [1.165, 1.54) is 0 Å². The molecule has 0 atom stereocenters. The van der Waals surface area contributed by atoms with Gasteiger partial charge in [0.05, 0.1) is 0 Å². The Morgan fingerprint density at radius 2 is 0.833 bits per heavy atom. The van der Waals surface area contributed by atoms with Crippen molar-refractivity contribution in [1.82, 2.24) is 0 Å². The molecule has 0 aliphatic rings. The Balaban J connectivity index is 0. The van der Waals surface area contributed by atoms with Crippen LogP contribution in [0.15, 0.2) is 0 Å². The van der Waals surface area contributed by atoms with Gasteiger partial charge in [0, 0.05) is 0 Å². The van der Waals surface area contributed by atoms with E-state index in [0.29, 0.717) is 0 Å². The molecule has 0 radical (unpaired) electrons. The van der Waals surface area contributed by atoms with Crippen molar-refractivity contribution in [3.05, 3.63) is 0 Å². The molecule has 0 saturated heterocycles. The van der Waals surface area contributed by atoms with Gasteiger partial charge in [0.15, 0.2) is 0 Å². The minimum absolute atomic E-state index is 5.35. The van der Waals surface area contributed by atoms with Crippen molar-refractivity contribution in [3.63, 3.8) is 0 Å². The summed E-state index contributed by atoms with van der Waals surface area (Å²) in [4.78, 5) is 0. The third-order valence-electron chi connectivity index (χ3n) is 0. The molecule has 0 heterocycles. The quantitative estimate of drug-likeness (QED) is 0.354. The molecule has 0 aliphatic heterocycles. The van der Waals surface area contributed by atoms with Crippen LogP contribution in [-0.2, 0) is 3.02 Å². The summed E-state index contributed by atoms with van der Waals surface area (Å²) in [6, 6.07) is 0. The van der Waals surface area contributed by atoms with Gasteiger partial charge in [-0.25, -0.2) is 0 Å². The predicted octanol–water partition coefficient (Wildman–Crippen LogP) is 1.21. The van der Waals surface area contributed by atoms with Crippen LogP contribution in [0.4, 0.5) is 25.2 Å². The SMILES string of the molecule is F[P-](F)(F)(F)(F)F.[O]=[Sb]([OH])([OH])[OH]. The topological polar surface area (TPSA) is 77.8 Å². The summed E-state index contributed by atoms with van der Waals surface area (Å²) >= 11 is -5.35. The predicted molar refractivity (Wildman–Crippen MR) is 26.7 cm³/mol. The van der Waals surface area contributed by atoms with Gasteiger partial charge in [0.1, 0.15) is 0 Å². The molecule has 0 aromatic carbocycles. The van der Waals surface area contributed by atoms with E-state index in [1.54, 1.807) is 0 Å². The molecule has 0 unspecified atom stereocenters. The molecule has 3 N–H and O–H groups in total. The third kappa shape index (κ3) is 3680. The van der Waals surface area contributed by atoms with Gasteiger partial charge < -0.3 is 0 Å². The first-order valence-electron chi connectivity index (χ1n) is 1.80. The maximum absolute atomic E-state index is 10.7. The Morgan fingerprint density at radius 3 is 0.833 bits per heavy atom. The van der Waals surface area contributed by atoms with E-state index < -0.39 is 27.9 Å². The molecular weight excluding hydrogens is 331 g/mol. The van der Waals surface area contributed by atoms with E-state index in [-0.39, 0.29) is 0 Å². The van der Waals surface area contributed by atoms with Gasteiger partial charge in [0.25, 0.3) is 0 Å². The molecule has 0 spiro atoms. The second kappa shape index (κ2) is 2.75. The molecule has 0 fully saturated rings. The molecule has 12 heteroatoms. The molecule has 0 aromatic rings. The molecule has 4 nitrogen and oxygen atoms in total. The average molecular weight is 334 g/mol. The zero-order chi connectivity index (χ0) is 10.9. The van der Waals surface area contributed by atoms with Crippen molar-refractivity contribution in [2.45, 2.75) is 0 Å². The van der Waals surface area contributed by atoms with Gasteiger partial charge in [-0.1, -0.05) is 0 Å². The van der Waals surface area contributed by atoms with E-state index in [1.807, 2.05) is 0 Å². The fraction of sp³-hybridized carbons (Fsp3) is 0. The number of hydrogen-bond acceptors (Lipinski definition) is 1. The fourth-order valence-corrected chi connectivity index (χ4v) is 0. The van der Waals surface area contributed by atoms with Gasteiger partial charge in [-0.15, -0.1) is 0 Å². The Hall–Kier alpha value is 0.508. The van der Waals surface area contributed by atoms with Crippen molar-refractivity contribution in [2.24, 2.45) is 0 Å². The van der Waals surface area contributed by atoms with Crippen molar-refractivity contribution in [2.75, 3.05) is 0 Å². The summed E-state index contributed by atoms with van der Waals surface area (Å²) in [7, 11) is -10.7. The summed E-state index contributed by atoms with van der Waals surface area (Å²) in [6.45, 7) is 0. The molecular formula is H3F6O4PSb-. The zero-order valence-electron chi connectivity index (χ0n) is 4.91. The van der Waals surface area contributed by atoms with Crippen LogP contribution in [0.25, 0.3) is 0 Å². The fourth-order valence-electron chi connectivity index (χ4n) is 0. The first-order chi connectivity index (χ1) is 4.45. The van der Waals surface area contributed by atoms with Crippen LogP contribution < -0.4 is 0 Å². The summed E-state index contributed by atoms with van der Waals surface area (Å²) < 4.78 is 90.0. The molecule has 0 aromatic heterocycles.